The number of benzene rings is 1. The average Bonchev–Trinajstić information content (AvgIpc) is 2.70. The molecule has 6 nitrogen and oxygen atoms in total. The van der Waals surface area contributed by atoms with Gasteiger partial charge in [0, 0.05) is 51.4 Å². The zero-order valence-corrected chi connectivity index (χ0v) is 18.7. The van der Waals surface area contributed by atoms with E-state index in [0.717, 1.165) is 26.1 Å². The summed E-state index contributed by atoms with van der Waals surface area (Å²) in [4.78, 5) is 20.5. The molecule has 2 aromatic rings. The van der Waals surface area contributed by atoms with Gasteiger partial charge in [-0.3, -0.25) is 4.90 Å². The van der Waals surface area contributed by atoms with Crippen LogP contribution in [0, 0.1) is 0 Å². The van der Waals surface area contributed by atoms with Crippen molar-refractivity contribution >= 4 is 17.7 Å². The third-order valence-corrected chi connectivity index (χ3v) is 5.02. The predicted molar refractivity (Wildman–Crippen MR) is 118 cm³/mol. The number of piperazine rings is 1. The summed E-state index contributed by atoms with van der Waals surface area (Å²) in [5.74, 6) is 0.585. The quantitative estimate of drug-likeness (QED) is 0.678. The Labute approximate surface area is 183 Å². The third-order valence-electron chi connectivity index (χ3n) is 4.79. The molecule has 1 aliphatic heterocycles. The van der Waals surface area contributed by atoms with Gasteiger partial charge in [0.1, 0.15) is 5.60 Å². The number of aromatic nitrogens is 1. The molecule has 162 valence electrons. The van der Waals surface area contributed by atoms with Crippen molar-refractivity contribution in [3.05, 3.63) is 58.7 Å². The molecule has 1 amide bonds. The molecule has 0 radical (unpaired) electrons. The summed E-state index contributed by atoms with van der Waals surface area (Å²) in [6.07, 6.45) is 2.18. The zero-order chi connectivity index (χ0) is 21.6. The van der Waals surface area contributed by atoms with Crippen LogP contribution in [-0.2, 0) is 17.7 Å². The van der Waals surface area contributed by atoms with E-state index in [1.807, 2.05) is 20.8 Å². The van der Waals surface area contributed by atoms with E-state index in [9.17, 15) is 4.79 Å². The largest absolute Gasteiger partial charge is 0.477 e. The van der Waals surface area contributed by atoms with Crippen LogP contribution in [0.2, 0.25) is 5.02 Å². The summed E-state index contributed by atoms with van der Waals surface area (Å²) < 4.78 is 11.1. The van der Waals surface area contributed by atoms with E-state index in [0.29, 0.717) is 30.6 Å². The van der Waals surface area contributed by atoms with E-state index < -0.39 is 5.60 Å². The number of ether oxygens (including phenoxy) is 2. The lowest BCUT2D eigenvalue weighted by molar-refractivity contribution is 0.0139. The number of amides is 1. The van der Waals surface area contributed by atoms with E-state index in [-0.39, 0.29) is 6.09 Å². The van der Waals surface area contributed by atoms with Crippen LogP contribution in [0.25, 0.3) is 0 Å². The van der Waals surface area contributed by atoms with Crippen LogP contribution in [0.15, 0.2) is 42.6 Å². The Morgan fingerprint density at radius 3 is 2.30 bits per heavy atom. The van der Waals surface area contributed by atoms with Gasteiger partial charge in [0.2, 0.25) is 5.88 Å². The summed E-state index contributed by atoms with van der Waals surface area (Å²) in [5.41, 5.74) is 2.04. The fraction of sp³-hybridized carbons (Fsp3) is 0.478. The minimum absolute atomic E-state index is 0.220. The van der Waals surface area contributed by atoms with Gasteiger partial charge < -0.3 is 14.4 Å². The number of halogens is 1. The second kappa shape index (κ2) is 10.1. The first-order chi connectivity index (χ1) is 14.3. The summed E-state index contributed by atoms with van der Waals surface area (Å²) in [7, 11) is 0. The molecule has 7 heteroatoms. The van der Waals surface area contributed by atoms with Crippen LogP contribution >= 0.6 is 11.6 Å². The van der Waals surface area contributed by atoms with Crippen LogP contribution in [0.4, 0.5) is 4.79 Å². The van der Waals surface area contributed by atoms with E-state index >= 15 is 0 Å². The molecule has 1 saturated heterocycles. The van der Waals surface area contributed by atoms with Gasteiger partial charge in [-0.2, -0.15) is 0 Å². The van der Waals surface area contributed by atoms with Gasteiger partial charge in [-0.1, -0.05) is 35.9 Å². The second-order valence-electron chi connectivity index (χ2n) is 8.47. The highest BCUT2D eigenvalue weighted by Gasteiger charge is 2.25. The monoisotopic (exact) mass is 431 g/mol. The van der Waals surface area contributed by atoms with Gasteiger partial charge >= 0.3 is 6.09 Å². The topological polar surface area (TPSA) is 54.9 Å². The van der Waals surface area contributed by atoms with Crippen LogP contribution in [0.3, 0.4) is 0 Å². The molecule has 0 atom stereocenters. The maximum absolute atomic E-state index is 12.2. The highest BCUT2D eigenvalue weighted by Crippen LogP contribution is 2.15. The van der Waals surface area contributed by atoms with Gasteiger partial charge in [-0.05, 0) is 38.0 Å². The summed E-state index contributed by atoms with van der Waals surface area (Å²) in [5, 5.41) is 0.601. The molecule has 0 aliphatic carbocycles. The van der Waals surface area contributed by atoms with Crippen molar-refractivity contribution in [3.63, 3.8) is 0 Å². The Hall–Kier alpha value is -2.31. The van der Waals surface area contributed by atoms with Crippen LogP contribution in [0.1, 0.15) is 31.9 Å². The van der Waals surface area contributed by atoms with Crippen molar-refractivity contribution in [2.75, 3.05) is 32.8 Å². The molecule has 1 aromatic carbocycles. The Bertz CT molecular complexity index is 811. The number of pyridine rings is 1. The average molecular weight is 432 g/mol. The maximum Gasteiger partial charge on any atom is 0.410 e. The van der Waals surface area contributed by atoms with E-state index in [4.69, 9.17) is 21.1 Å². The maximum atomic E-state index is 12.2. The fourth-order valence-electron chi connectivity index (χ4n) is 3.21. The van der Waals surface area contributed by atoms with Crippen molar-refractivity contribution in [2.45, 2.75) is 39.3 Å². The molecule has 0 N–H and O–H groups in total. The molecule has 1 fully saturated rings. The molecule has 0 saturated carbocycles. The molecule has 2 heterocycles. The minimum Gasteiger partial charge on any atom is -0.477 e. The van der Waals surface area contributed by atoms with E-state index in [2.05, 4.69) is 34.1 Å². The smallest absolute Gasteiger partial charge is 0.410 e. The number of nitrogens with zero attached hydrogens (tertiary/aromatic N) is 3. The Kier molecular flexibility index (Phi) is 7.56. The van der Waals surface area contributed by atoms with Gasteiger partial charge in [0.15, 0.2) is 0 Å². The Morgan fingerprint density at radius 2 is 1.70 bits per heavy atom. The number of carbonyl (C=O) groups is 1. The van der Waals surface area contributed by atoms with Crippen LogP contribution in [0.5, 0.6) is 5.88 Å². The molecule has 0 bridgehead atoms. The zero-order valence-electron chi connectivity index (χ0n) is 17.9. The number of rotatable bonds is 6. The van der Waals surface area contributed by atoms with E-state index in [1.54, 1.807) is 23.2 Å². The molecule has 1 aromatic heterocycles. The molecule has 30 heavy (non-hydrogen) atoms. The molecular formula is C23H30ClN3O3. The van der Waals surface area contributed by atoms with Crippen molar-refractivity contribution in [1.82, 2.24) is 14.8 Å². The highest BCUT2D eigenvalue weighted by molar-refractivity contribution is 6.30. The third kappa shape index (κ3) is 7.18. The normalized spacial score (nSPS) is 15.1. The number of hydrogen-bond acceptors (Lipinski definition) is 5. The van der Waals surface area contributed by atoms with Gasteiger partial charge in [-0.15, -0.1) is 0 Å². The molecule has 3 rings (SSSR count). The lowest BCUT2D eigenvalue weighted by atomic mass is 10.1. The summed E-state index contributed by atoms with van der Waals surface area (Å²) in [6, 6.07) is 12.2. The van der Waals surface area contributed by atoms with Crippen LogP contribution < -0.4 is 4.74 Å². The van der Waals surface area contributed by atoms with E-state index in [1.165, 1.54) is 11.1 Å². The van der Waals surface area contributed by atoms with Crippen LogP contribution in [-0.4, -0.2) is 59.3 Å². The first-order valence-electron chi connectivity index (χ1n) is 10.3. The van der Waals surface area contributed by atoms with Crippen molar-refractivity contribution in [2.24, 2.45) is 0 Å². The summed E-state index contributed by atoms with van der Waals surface area (Å²) in [6.45, 7) is 10.2. The highest BCUT2D eigenvalue weighted by atomic mass is 35.5. The standard InChI is InChI=1S/C23H30ClN3O3/c1-23(2,3)30-22(28)27-13-11-26(12-14-27)17-19-6-4-18(5-7-19)10-15-29-21-9-8-20(24)16-25-21/h4-9,16H,10-15,17H2,1-3H3. The molecular weight excluding hydrogens is 402 g/mol. The lowest BCUT2D eigenvalue weighted by Gasteiger charge is -2.35. The first kappa shape index (κ1) is 22.4. The first-order valence-corrected chi connectivity index (χ1v) is 10.7. The minimum atomic E-state index is -0.452. The van der Waals surface area contributed by atoms with Crippen molar-refractivity contribution < 1.29 is 14.3 Å². The van der Waals surface area contributed by atoms with Crippen molar-refractivity contribution in [1.29, 1.82) is 0 Å². The number of carbonyl (C=O) groups excluding carboxylic acids is 1. The summed E-state index contributed by atoms with van der Waals surface area (Å²) >= 11 is 5.83. The molecule has 1 aliphatic rings. The molecule has 0 spiro atoms. The lowest BCUT2D eigenvalue weighted by Crippen LogP contribution is -2.49. The second-order valence-corrected chi connectivity index (χ2v) is 8.91. The van der Waals surface area contributed by atoms with Gasteiger partial charge in [0.25, 0.3) is 0 Å². The predicted octanol–water partition coefficient (Wildman–Crippen LogP) is 4.41. The SMILES string of the molecule is CC(C)(C)OC(=O)N1CCN(Cc2ccc(CCOc3ccc(Cl)cn3)cc2)CC1. The van der Waals surface area contributed by atoms with Crippen molar-refractivity contribution in [3.8, 4) is 5.88 Å². The van der Waals surface area contributed by atoms with Gasteiger partial charge in [0.05, 0.1) is 11.6 Å². The molecule has 0 unspecified atom stereocenters. The Morgan fingerprint density at radius 1 is 1.03 bits per heavy atom. The Balaban J connectivity index is 1.39. The number of hydrogen-bond donors (Lipinski definition) is 0. The van der Waals surface area contributed by atoms with Gasteiger partial charge in [-0.25, -0.2) is 9.78 Å². The fourth-order valence-corrected chi connectivity index (χ4v) is 3.32.